The van der Waals surface area contributed by atoms with Crippen LogP contribution in [-0.4, -0.2) is 61.0 Å². The largest absolute Gasteiger partial charge is 0.459 e. The molecule has 0 aromatic carbocycles. The van der Waals surface area contributed by atoms with Crippen molar-refractivity contribution in [2.24, 2.45) is 11.3 Å². The predicted octanol–water partition coefficient (Wildman–Crippen LogP) is 2.94. The van der Waals surface area contributed by atoms with Gasteiger partial charge in [-0.1, -0.05) is 19.3 Å². The Balaban J connectivity index is 1.42. The zero-order valence-electron chi connectivity index (χ0n) is 16.0. The van der Waals surface area contributed by atoms with Gasteiger partial charge in [0, 0.05) is 32.6 Å². The minimum absolute atomic E-state index is 0.00745. The van der Waals surface area contributed by atoms with Crippen molar-refractivity contribution >= 4 is 11.8 Å². The summed E-state index contributed by atoms with van der Waals surface area (Å²) in [7, 11) is 0. The lowest BCUT2D eigenvalue weighted by atomic mass is 9.66. The number of carbonyl (C=O) groups is 2. The molecule has 6 heteroatoms. The summed E-state index contributed by atoms with van der Waals surface area (Å²) in [4.78, 5) is 29.3. The summed E-state index contributed by atoms with van der Waals surface area (Å²) in [6, 6.07) is 3.50. The molecule has 1 spiro atoms. The zero-order chi connectivity index (χ0) is 18.7. The van der Waals surface area contributed by atoms with Crippen LogP contribution in [0.4, 0.5) is 0 Å². The standard InChI is InChI=1S/C21H30N2O4/c24-19(22-10-13-26-14-11-22)7-6-17-15-23(20(25)18-5-4-12-27-18)16-21(17)8-2-1-3-9-21/h4-5,12,17H,1-3,6-11,13-16H2. The van der Waals surface area contributed by atoms with Crippen molar-refractivity contribution in [2.75, 3.05) is 39.4 Å². The molecule has 2 saturated heterocycles. The number of furan rings is 1. The molecule has 3 aliphatic rings. The monoisotopic (exact) mass is 374 g/mol. The van der Waals surface area contributed by atoms with Crippen molar-refractivity contribution in [1.82, 2.24) is 9.80 Å². The third-order valence-electron chi connectivity index (χ3n) is 6.75. The maximum atomic E-state index is 12.8. The number of likely N-dealkylation sites (tertiary alicyclic amines) is 1. The Hall–Kier alpha value is -1.82. The van der Waals surface area contributed by atoms with E-state index < -0.39 is 0 Å². The number of hydrogen-bond acceptors (Lipinski definition) is 4. The molecule has 1 unspecified atom stereocenters. The molecular weight excluding hydrogens is 344 g/mol. The molecule has 1 aromatic heterocycles. The molecule has 1 aromatic rings. The van der Waals surface area contributed by atoms with E-state index in [0.29, 0.717) is 44.4 Å². The van der Waals surface area contributed by atoms with Gasteiger partial charge in [0.1, 0.15) is 0 Å². The Morgan fingerprint density at radius 3 is 2.59 bits per heavy atom. The third-order valence-corrected chi connectivity index (χ3v) is 6.75. The smallest absolute Gasteiger partial charge is 0.289 e. The normalized spacial score (nSPS) is 25.1. The average molecular weight is 374 g/mol. The molecule has 3 heterocycles. The molecule has 1 aliphatic carbocycles. The molecule has 4 rings (SSSR count). The van der Waals surface area contributed by atoms with Gasteiger partial charge in [-0.2, -0.15) is 0 Å². The lowest BCUT2D eigenvalue weighted by molar-refractivity contribution is -0.135. The Morgan fingerprint density at radius 1 is 1.11 bits per heavy atom. The van der Waals surface area contributed by atoms with Crippen molar-refractivity contribution in [3.05, 3.63) is 24.2 Å². The second-order valence-corrected chi connectivity index (χ2v) is 8.31. The quantitative estimate of drug-likeness (QED) is 0.813. The summed E-state index contributed by atoms with van der Waals surface area (Å²) in [6.45, 7) is 4.25. The first-order valence-electron chi connectivity index (χ1n) is 10.4. The fraction of sp³-hybridized carbons (Fsp3) is 0.714. The highest BCUT2D eigenvalue weighted by Gasteiger charge is 2.48. The van der Waals surface area contributed by atoms with E-state index in [-0.39, 0.29) is 17.2 Å². The van der Waals surface area contributed by atoms with Gasteiger partial charge in [-0.25, -0.2) is 0 Å². The molecule has 2 amide bonds. The van der Waals surface area contributed by atoms with Gasteiger partial charge in [-0.15, -0.1) is 0 Å². The lowest BCUT2D eigenvalue weighted by Gasteiger charge is -2.38. The van der Waals surface area contributed by atoms with Gasteiger partial charge in [0.05, 0.1) is 19.5 Å². The van der Waals surface area contributed by atoms with Gasteiger partial charge in [0.2, 0.25) is 5.91 Å². The van der Waals surface area contributed by atoms with Crippen LogP contribution in [-0.2, 0) is 9.53 Å². The van der Waals surface area contributed by atoms with Gasteiger partial charge in [-0.3, -0.25) is 9.59 Å². The van der Waals surface area contributed by atoms with Crippen LogP contribution >= 0.6 is 0 Å². The van der Waals surface area contributed by atoms with E-state index in [2.05, 4.69) is 0 Å². The Labute approximate surface area is 160 Å². The van der Waals surface area contributed by atoms with Crippen LogP contribution in [0.15, 0.2) is 22.8 Å². The van der Waals surface area contributed by atoms with E-state index in [4.69, 9.17) is 9.15 Å². The summed E-state index contributed by atoms with van der Waals surface area (Å²) >= 11 is 0. The minimum Gasteiger partial charge on any atom is -0.459 e. The van der Waals surface area contributed by atoms with E-state index in [1.54, 1.807) is 18.4 Å². The van der Waals surface area contributed by atoms with Crippen LogP contribution in [0.5, 0.6) is 0 Å². The second-order valence-electron chi connectivity index (χ2n) is 8.31. The van der Waals surface area contributed by atoms with Crippen LogP contribution in [0.3, 0.4) is 0 Å². The fourth-order valence-electron chi connectivity index (χ4n) is 5.23. The van der Waals surface area contributed by atoms with Crippen LogP contribution in [0.1, 0.15) is 55.5 Å². The van der Waals surface area contributed by atoms with Crippen molar-refractivity contribution in [1.29, 1.82) is 0 Å². The van der Waals surface area contributed by atoms with E-state index >= 15 is 0 Å². The highest BCUT2D eigenvalue weighted by atomic mass is 16.5. The van der Waals surface area contributed by atoms with E-state index in [1.807, 2.05) is 9.80 Å². The van der Waals surface area contributed by atoms with Gasteiger partial charge in [0.15, 0.2) is 5.76 Å². The van der Waals surface area contributed by atoms with Crippen LogP contribution < -0.4 is 0 Å². The number of ether oxygens (including phenoxy) is 1. The number of morpholine rings is 1. The first kappa shape index (κ1) is 18.5. The minimum atomic E-state index is -0.00745. The third kappa shape index (κ3) is 3.91. The second kappa shape index (κ2) is 8.05. The molecule has 6 nitrogen and oxygen atoms in total. The number of nitrogens with zero attached hydrogens (tertiary/aromatic N) is 2. The Bertz CT molecular complexity index is 645. The van der Waals surface area contributed by atoms with E-state index in [9.17, 15) is 9.59 Å². The molecule has 0 bridgehead atoms. The summed E-state index contributed by atoms with van der Waals surface area (Å²) in [5.74, 6) is 1.06. The molecule has 2 aliphatic heterocycles. The van der Waals surface area contributed by atoms with Crippen molar-refractivity contribution < 1.29 is 18.7 Å². The fourth-order valence-corrected chi connectivity index (χ4v) is 5.23. The number of rotatable bonds is 4. The number of hydrogen-bond donors (Lipinski definition) is 0. The molecule has 0 N–H and O–H groups in total. The maximum Gasteiger partial charge on any atom is 0.289 e. The van der Waals surface area contributed by atoms with Gasteiger partial charge in [-0.05, 0) is 42.7 Å². The zero-order valence-corrected chi connectivity index (χ0v) is 16.0. The van der Waals surface area contributed by atoms with Crippen LogP contribution in [0.25, 0.3) is 0 Å². The first-order chi connectivity index (χ1) is 13.2. The summed E-state index contributed by atoms with van der Waals surface area (Å²) < 4.78 is 10.7. The SMILES string of the molecule is O=C(CCC1CN(C(=O)c2ccco2)CC12CCCCC2)N1CCOCC1. The summed E-state index contributed by atoms with van der Waals surface area (Å²) in [5, 5.41) is 0. The summed E-state index contributed by atoms with van der Waals surface area (Å²) in [5.41, 5.74) is 0.186. The number of amides is 2. The molecule has 1 saturated carbocycles. The highest BCUT2D eigenvalue weighted by Crippen LogP contribution is 2.49. The summed E-state index contributed by atoms with van der Waals surface area (Å²) in [6.07, 6.45) is 9.10. The molecule has 27 heavy (non-hydrogen) atoms. The molecule has 0 radical (unpaired) electrons. The Kier molecular flexibility index (Phi) is 5.53. The van der Waals surface area contributed by atoms with Gasteiger partial charge in [0.25, 0.3) is 5.91 Å². The van der Waals surface area contributed by atoms with E-state index in [0.717, 1.165) is 19.5 Å². The number of carbonyl (C=O) groups excluding carboxylic acids is 2. The first-order valence-corrected chi connectivity index (χ1v) is 10.4. The van der Waals surface area contributed by atoms with Crippen molar-refractivity contribution in [3.63, 3.8) is 0 Å². The molecule has 1 atom stereocenters. The average Bonchev–Trinajstić information content (AvgIpc) is 3.36. The van der Waals surface area contributed by atoms with Gasteiger partial charge >= 0.3 is 0 Å². The Morgan fingerprint density at radius 2 is 1.89 bits per heavy atom. The van der Waals surface area contributed by atoms with Crippen molar-refractivity contribution in [3.8, 4) is 0 Å². The molecular formula is C21H30N2O4. The predicted molar refractivity (Wildman–Crippen MR) is 100 cm³/mol. The maximum absolute atomic E-state index is 12.8. The van der Waals surface area contributed by atoms with Crippen LogP contribution in [0, 0.1) is 11.3 Å². The molecule has 3 fully saturated rings. The topological polar surface area (TPSA) is 63.0 Å². The van der Waals surface area contributed by atoms with Crippen LogP contribution in [0.2, 0.25) is 0 Å². The molecule has 148 valence electrons. The van der Waals surface area contributed by atoms with Crippen molar-refractivity contribution in [2.45, 2.75) is 44.9 Å². The van der Waals surface area contributed by atoms with E-state index in [1.165, 1.54) is 32.1 Å². The highest BCUT2D eigenvalue weighted by molar-refractivity contribution is 5.91. The van der Waals surface area contributed by atoms with Gasteiger partial charge < -0.3 is 19.0 Å². The lowest BCUT2D eigenvalue weighted by Crippen LogP contribution is -2.41.